The monoisotopic (exact) mass is 414 g/mol. The highest BCUT2D eigenvalue weighted by Gasteiger charge is 2.44. The number of ether oxygens (including phenoxy) is 2. The highest BCUT2D eigenvalue weighted by Crippen LogP contribution is 2.46. The summed E-state index contributed by atoms with van der Waals surface area (Å²) in [7, 11) is 0. The lowest BCUT2D eigenvalue weighted by atomic mass is 9.76. The zero-order valence-electron chi connectivity index (χ0n) is 18.8. The first-order valence-electron chi connectivity index (χ1n) is 12.0. The highest BCUT2D eigenvalue weighted by atomic mass is 16.5. The minimum Gasteiger partial charge on any atom is -0.487 e. The largest absolute Gasteiger partial charge is 0.487 e. The average Bonchev–Trinajstić information content (AvgIpc) is 2.77. The van der Waals surface area contributed by atoms with Gasteiger partial charge in [0.05, 0.1) is 0 Å². The molecule has 0 unspecified atom stereocenters. The van der Waals surface area contributed by atoms with E-state index in [2.05, 4.69) is 43.0 Å². The minimum atomic E-state index is -0.116. The Hall–Kier alpha value is -1.59. The molecule has 2 fully saturated rings. The molecule has 0 radical (unpaired) electrons. The maximum Gasteiger partial charge on any atom is 0.223 e. The molecule has 0 bridgehead atoms. The lowest BCUT2D eigenvalue weighted by Crippen LogP contribution is -2.51. The summed E-state index contributed by atoms with van der Waals surface area (Å²) >= 11 is 0. The zero-order chi connectivity index (χ0) is 21.0. The van der Waals surface area contributed by atoms with Crippen molar-refractivity contribution in [3.63, 3.8) is 0 Å². The first-order valence-corrected chi connectivity index (χ1v) is 12.0. The van der Waals surface area contributed by atoms with Gasteiger partial charge in [0.25, 0.3) is 0 Å². The number of para-hydroxylation sites is 1. The Morgan fingerprint density at radius 3 is 2.53 bits per heavy atom. The molecule has 5 heteroatoms. The predicted octanol–water partition coefficient (Wildman–Crippen LogP) is 4.07. The van der Waals surface area contributed by atoms with Gasteiger partial charge in [0.1, 0.15) is 11.4 Å². The number of carbonyl (C=O) groups excluding carboxylic acids is 1. The highest BCUT2D eigenvalue weighted by molar-refractivity contribution is 5.77. The second-order valence-electron chi connectivity index (χ2n) is 9.35. The van der Waals surface area contributed by atoms with Crippen LogP contribution < -0.4 is 4.74 Å². The molecular weight excluding hydrogens is 376 g/mol. The van der Waals surface area contributed by atoms with Gasteiger partial charge in [0.15, 0.2) is 0 Å². The van der Waals surface area contributed by atoms with Gasteiger partial charge in [0.2, 0.25) is 5.91 Å². The van der Waals surface area contributed by atoms with E-state index in [1.54, 1.807) is 0 Å². The van der Waals surface area contributed by atoms with Crippen LogP contribution in [0.15, 0.2) is 24.3 Å². The lowest BCUT2D eigenvalue weighted by molar-refractivity contribution is -0.131. The summed E-state index contributed by atoms with van der Waals surface area (Å²) in [5.74, 6) is 2.30. The summed E-state index contributed by atoms with van der Waals surface area (Å²) < 4.78 is 12.2. The third kappa shape index (κ3) is 4.83. The Morgan fingerprint density at radius 1 is 1.13 bits per heavy atom. The van der Waals surface area contributed by atoms with E-state index in [0.717, 1.165) is 70.3 Å². The van der Waals surface area contributed by atoms with Crippen molar-refractivity contribution in [2.24, 2.45) is 5.92 Å². The molecule has 3 aliphatic rings. The molecule has 0 aromatic heterocycles. The SMILES string of the molecule is CCN(CC)C(=O)C[C@H]1CC2(CCN(CC3CCOCC3)CC2)Oc2ccccc21. The van der Waals surface area contributed by atoms with Gasteiger partial charge in [-0.15, -0.1) is 0 Å². The number of hydrogen-bond donors (Lipinski definition) is 0. The van der Waals surface area contributed by atoms with Gasteiger partial charge in [-0.1, -0.05) is 18.2 Å². The smallest absolute Gasteiger partial charge is 0.223 e. The van der Waals surface area contributed by atoms with Gasteiger partial charge in [-0.2, -0.15) is 0 Å². The molecule has 1 aromatic carbocycles. The van der Waals surface area contributed by atoms with E-state index in [9.17, 15) is 4.79 Å². The van der Waals surface area contributed by atoms with Crippen LogP contribution in [0, 0.1) is 5.92 Å². The Kier molecular flexibility index (Phi) is 6.99. The summed E-state index contributed by atoms with van der Waals surface area (Å²) in [5, 5.41) is 0. The molecular formula is C25H38N2O3. The van der Waals surface area contributed by atoms with Crippen LogP contribution in [0.5, 0.6) is 5.75 Å². The molecule has 5 nitrogen and oxygen atoms in total. The number of hydrogen-bond acceptors (Lipinski definition) is 4. The molecule has 30 heavy (non-hydrogen) atoms. The van der Waals surface area contributed by atoms with Gasteiger partial charge < -0.3 is 19.3 Å². The van der Waals surface area contributed by atoms with E-state index < -0.39 is 0 Å². The van der Waals surface area contributed by atoms with Crippen molar-refractivity contribution in [3.8, 4) is 5.75 Å². The maximum absolute atomic E-state index is 12.9. The van der Waals surface area contributed by atoms with Gasteiger partial charge >= 0.3 is 0 Å². The molecule has 166 valence electrons. The van der Waals surface area contributed by atoms with E-state index in [0.29, 0.717) is 6.42 Å². The molecule has 3 heterocycles. The molecule has 2 saturated heterocycles. The van der Waals surface area contributed by atoms with E-state index in [1.807, 2.05) is 4.90 Å². The fraction of sp³-hybridized carbons (Fsp3) is 0.720. The van der Waals surface area contributed by atoms with Gasteiger partial charge in [0, 0.05) is 58.3 Å². The third-order valence-electron chi connectivity index (χ3n) is 7.47. The average molecular weight is 415 g/mol. The standard InChI is InChI=1S/C25H38N2O3/c1-3-27(4-2)24(28)17-21-18-25(30-23-8-6-5-7-22(21)23)11-13-26(14-12-25)19-20-9-15-29-16-10-20/h5-8,20-21H,3-4,9-19H2,1-2H3/t21-/m0/s1. The van der Waals surface area contributed by atoms with Crippen molar-refractivity contribution < 1.29 is 14.3 Å². The van der Waals surface area contributed by atoms with Crippen LogP contribution in [0.4, 0.5) is 0 Å². The Balaban J connectivity index is 1.43. The topological polar surface area (TPSA) is 42.0 Å². The van der Waals surface area contributed by atoms with Crippen molar-refractivity contribution in [3.05, 3.63) is 29.8 Å². The summed E-state index contributed by atoms with van der Waals surface area (Å²) in [6.07, 6.45) is 6.06. The summed E-state index contributed by atoms with van der Waals surface area (Å²) in [4.78, 5) is 17.5. The van der Waals surface area contributed by atoms with Crippen molar-refractivity contribution in [2.75, 3.05) is 45.9 Å². The normalized spacial score (nSPS) is 24.3. The second-order valence-corrected chi connectivity index (χ2v) is 9.35. The summed E-state index contributed by atoms with van der Waals surface area (Å²) in [5.41, 5.74) is 1.10. The molecule has 1 aromatic rings. The number of rotatable bonds is 6. The van der Waals surface area contributed by atoms with E-state index in [4.69, 9.17) is 9.47 Å². The molecule has 1 spiro atoms. The number of benzene rings is 1. The van der Waals surface area contributed by atoms with Crippen molar-refractivity contribution in [1.29, 1.82) is 0 Å². The van der Waals surface area contributed by atoms with E-state index >= 15 is 0 Å². The van der Waals surface area contributed by atoms with Crippen LogP contribution in [0.3, 0.4) is 0 Å². The fourth-order valence-electron chi connectivity index (χ4n) is 5.59. The van der Waals surface area contributed by atoms with Crippen LogP contribution in [0.2, 0.25) is 0 Å². The van der Waals surface area contributed by atoms with Crippen molar-refractivity contribution in [2.45, 2.75) is 63.9 Å². The minimum absolute atomic E-state index is 0.116. The van der Waals surface area contributed by atoms with Crippen molar-refractivity contribution >= 4 is 5.91 Å². The van der Waals surface area contributed by atoms with Crippen LogP contribution >= 0.6 is 0 Å². The second kappa shape index (κ2) is 9.69. The van der Waals surface area contributed by atoms with Gasteiger partial charge in [-0.05, 0) is 63.5 Å². The first kappa shape index (κ1) is 21.6. The molecule has 3 aliphatic heterocycles. The molecule has 0 aliphatic carbocycles. The molecule has 4 rings (SSSR count). The third-order valence-corrected chi connectivity index (χ3v) is 7.47. The summed E-state index contributed by atoms with van der Waals surface area (Å²) in [6, 6.07) is 8.38. The van der Waals surface area contributed by atoms with Gasteiger partial charge in [-0.3, -0.25) is 4.79 Å². The molecule has 0 N–H and O–H groups in total. The predicted molar refractivity (Wildman–Crippen MR) is 119 cm³/mol. The number of amides is 1. The van der Waals surface area contributed by atoms with Crippen molar-refractivity contribution in [1.82, 2.24) is 9.80 Å². The summed E-state index contributed by atoms with van der Waals surface area (Å²) in [6.45, 7) is 10.9. The van der Waals surface area contributed by atoms with Crippen LogP contribution in [0.25, 0.3) is 0 Å². The zero-order valence-corrected chi connectivity index (χ0v) is 18.8. The Bertz CT molecular complexity index is 704. The van der Waals surface area contributed by atoms with Gasteiger partial charge in [-0.25, -0.2) is 0 Å². The number of carbonyl (C=O) groups is 1. The van der Waals surface area contributed by atoms with Crippen LogP contribution in [0.1, 0.15) is 63.9 Å². The van der Waals surface area contributed by atoms with Crippen LogP contribution in [-0.4, -0.2) is 67.2 Å². The Labute approximate surface area is 181 Å². The molecule has 0 saturated carbocycles. The fourth-order valence-corrected chi connectivity index (χ4v) is 5.59. The number of nitrogens with zero attached hydrogens (tertiary/aromatic N) is 2. The maximum atomic E-state index is 12.9. The van der Waals surface area contributed by atoms with E-state index in [-0.39, 0.29) is 17.4 Å². The lowest BCUT2D eigenvalue weighted by Gasteiger charge is -2.47. The number of likely N-dealkylation sites (tertiary alicyclic amines) is 1. The Morgan fingerprint density at radius 2 is 1.83 bits per heavy atom. The first-order chi connectivity index (χ1) is 14.6. The molecule has 1 atom stereocenters. The quantitative estimate of drug-likeness (QED) is 0.704. The molecule has 1 amide bonds. The number of fused-ring (bicyclic) bond motifs is 1. The number of piperidine rings is 1. The van der Waals surface area contributed by atoms with E-state index in [1.165, 1.54) is 24.9 Å². The van der Waals surface area contributed by atoms with Crippen LogP contribution in [-0.2, 0) is 9.53 Å².